The normalized spacial score (nSPS) is 18.8. The molecule has 3 rings (SSSR count). The molecule has 30 heavy (non-hydrogen) atoms. The molecule has 0 unspecified atom stereocenters. The van der Waals surface area contributed by atoms with Gasteiger partial charge in [-0.15, -0.1) is 0 Å². The molecule has 0 saturated heterocycles. The Balaban J connectivity index is 1.88. The van der Waals surface area contributed by atoms with Gasteiger partial charge in [0.15, 0.2) is 0 Å². The number of carboxylic acids is 1. The van der Waals surface area contributed by atoms with Crippen LogP contribution in [0.4, 0.5) is 5.69 Å². The molecule has 1 fully saturated rings. The van der Waals surface area contributed by atoms with E-state index in [1.54, 1.807) is 17.0 Å². The lowest BCUT2D eigenvalue weighted by atomic mass is 9.80. The highest BCUT2D eigenvalue weighted by molar-refractivity contribution is 6.03. The van der Waals surface area contributed by atoms with E-state index < -0.39 is 5.97 Å². The summed E-state index contributed by atoms with van der Waals surface area (Å²) in [4.78, 5) is 27.1. The van der Waals surface area contributed by atoms with Crippen LogP contribution in [0.25, 0.3) is 0 Å². The predicted molar refractivity (Wildman–Crippen MR) is 118 cm³/mol. The van der Waals surface area contributed by atoms with Crippen molar-refractivity contribution >= 4 is 17.6 Å². The van der Waals surface area contributed by atoms with E-state index >= 15 is 0 Å². The van der Waals surface area contributed by atoms with Crippen molar-refractivity contribution in [2.75, 3.05) is 4.90 Å². The molecule has 160 valence electrons. The van der Waals surface area contributed by atoms with Crippen molar-refractivity contribution in [3.05, 3.63) is 54.1 Å². The largest absolute Gasteiger partial charge is 0.478 e. The number of para-hydroxylation sites is 1. The van der Waals surface area contributed by atoms with E-state index in [1.165, 1.54) is 6.07 Å². The zero-order valence-corrected chi connectivity index (χ0v) is 18.0. The van der Waals surface area contributed by atoms with Gasteiger partial charge in [-0.3, -0.25) is 4.79 Å². The minimum atomic E-state index is -1.07. The number of aromatic carboxylic acids is 1. The lowest BCUT2D eigenvalue weighted by Crippen LogP contribution is -2.43. The van der Waals surface area contributed by atoms with Crippen LogP contribution in [-0.4, -0.2) is 23.0 Å². The number of hydrogen-bond acceptors (Lipinski definition) is 3. The van der Waals surface area contributed by atoms with Crippen molar-refractivity contribution in [3.63, 3.8) is 0 Å². The molecular formula is C25H31NO4. The van der Waals surface area contributed by atoms with E-state index in [0.717, 1.165) is 32.1 Å². The summed E-state index contributed by atoms with van der Waals surface area (Å²) in [5.41, 5.74) is 0.508. The lowest BCUT2D eigenvalue weighted by molar-refractivity contribution is -0.124. The van der Waals surface area contributed by atoms with Crippen LogP contribution >= 0.6 is 0 Å². The second-order valence-electron chi connectivity index (χ2n) is 8.33. The third kappa shape index (κ3) is 5.02. The van der Waals surface area contributed by atoms with E-state index in [0.29, 0.717) is 23.1 Å². The third-order valence-corrected chi connectivity index (χ3v) is 5.96. The zero-order valence-electron chi connectivity index (χ0n) is 18.0. The standard InChI is InChI=1S/C25H31NO4/c1-4-18-10-12-19(13-11-18)24(27)26(17(2)3)23-15-14-21(16-22(23)25(28)29)30-20-8-6-5-7-9-20/h5-9,14-19H,4,10-13H2,1-3H3,(H,28,29). The number of nitrogens with zero attached hydrogens (tertiary/aromatic N) is 1. The first-order valence-electron chi connectivity index (χ1n) is 10.8. The van der Waals surface area contributed by atoms with Gasteiger partial charge >= 0.3 is 5.97 Å². The van der Waals surface area contributed by atoms with Crippen LogP contribution in [0, 0.1) is 11.8 Å². The average Bonchev–Trinajstić information content (AvgIpc) is 2.75. The molecule has 1 N–H and O–H groups in total. The molecule has 1 saturated carbocycles. The third-order valence-electron chi connectivity index (χ3n) is 5.96. The highest BCUT2D eigenvalue weighted by Crippen LogP contribution is 2.35. The second kappa shape index (κ2) is 9.79. The van der Waals surface area contributed by atoms with Crippen LogP contribution in [-0.2, 0) is 4.79 Å². The molecule has 5 nitrogen and oxygen atoms in total. The van der Waals surface area contributed by atoms with Gasteiger partial charge in [0, 0.05) is 12.0 Å². The molecule has 1 amide bonds. The molecule has 1 aliphatic rings. The number of ether oxygens (including phenoxy) is 1. The molecule has 0 aromatic heterocycles. The fraction of sp³-hybridized carbons (Fsp3) is 0.440. The smallest absolute Gasteiger partial charge is 0.337 e. The van der Waals surface area contributed by atoms with Crippen molar-refractivity contribution in [1.29, 1.82) is 0 Å². The van der Waals surface area contributed by atoms with Crippen LogP contribution in [0.3, 0.4) is 0 Å². The van der Waals surface area contributed by atoms with Gasteiger partial charge < -0.3 is 14.7 Å². The lowest BCUT2D eigenvalue weighted by Gasteiger charge is -2.34. The Bertz CT molecular complexity index is 870. The van der Waals surface area contributed by atoms with Gasteiger partial charge in [-0.2, -0.15) is 0 Å². The van der Waals surface area contributed by atoms with Crippen LogP contribution in [0.1, 0.15) is 63.2 Å². The number of amides is 1. The Morgan fingerprint density at radius 3 is 2.27 bits per heavy atom. The Labute approximate surface area is 178 Å². The van der Waals surface area contributed by atoms with Gasteiger partial charge in [0.1, 0.15) is 11.5 Å². The summed E-state index contributed by atoms with van der Waals surface area (Å²) in [6.45, 7) is 6.05. The Morgan fingerprint density at radius 1 is 1.03 bits per heavy atom. The first-order chi connectivity index (χ1) is 14.4. The first kappa shape index (κ1) is 21.9. The number of carboxylic acid groups (broad SMARTS) is 1. The Kier molecular flexibility index (Phi) is 7.14. The van der Waals surface area contributed by atoms with E-state index in [1.807, 2.05) is 44.2 Å². The maximum absolute atomic E-state index is 13.4. The van der Waals surface area contributed by atoms with E-state index in [4.69, 9.17) is 4.74 Å². The Hall–Kier alpha value is -2.82. The van der Waals surface area contributed by atoms with Crippen molar-refractivity contribution in [2.45, 2.75) is 58.9 Å². The van der Waals surface area contributed by atoms with E-state index in [2.05, 4.69) is 6.92 Å². The quantitative estimate of drug-likeness (QED) is 0.597. The van der Waals surface area contributed by atoms with Gasteiger partial charge in [-0.25, -0.2) is 4.79 Å². The molecule has 0 radical (unpaired) electrons. The monoisotopic (exact) mass is 409 g/mol. The summed E-state index contributed by atoms with van der Waals surface area (Å²) in [6, 6.07) is 14.0. The summed E-state index contributed by atoms with van der Waals surface area (Å²) >= 11 is 0. The number of hydrogen-bond donors (Lipinski definition) is 1. The van der Waals surface area contributed by atoms with Crippen LogP contribution in [0.5, 0.6) is 11.5 Å². The van der Waals surface area contributed by atoms with Crippen LogP contribution < -0.4 is 9.64 Å². The molecule has 0 aliphatic heterocycles. The predicted octanol–water partition coefficient (Wildman–Crippen LogP) is 6.13. The van der Waals surface area contributed by atoms with Gasteiger partial charge in [0.2, 0.25) is 5.91 Å². The van der Waals surface area contributed by atoms with Crippen molar-refractivity contribution in [3.8, 4) is 11.5 Å². The fourth-order valence-electron chi connectivity index (χ4n) is 4.25. The Morgan fingerprint density at radius 2 is 1.70 bits per heavy atom. The van der Waals surface area contributed by atoms with Crippen LogP contribution in [0.15, 0.2) is 48.5 Å². The zero-order chi connectivity index (χ0) is 21.7. The minimum Gasteiger partial charge on any atom is -0.478 e. The molecule has 0 bridgehead atoms. The number of carbonyl (C=O) groups is 2. The minimum absolute atomic E-state index is 0.0266. The molecule has 2 aromatic carbocycles. The summed E-state index contributed by atoms with van der Waals surface area (Å²) < 4.78 is 5.80. The average molecular weight is 410 g/mol. The second-order valence-corrected chi connectivity index (χ2v) is 8.33. The van der Waals surface area contributed by atoms with Gasteiger partial charge in [0.25, 0.3) is 0 Å². The summed E-state index contributed by atoms with van der Waals surface area (Å²) in [7, 11) is 0. The molecule has 0 heterocycles. The van der Waals surface area contributed by atoms with Crippen molar-refractivity contribution in [1.82, 2.24) is 0 Å². The number of rotatable bonds is 7. The summed E-state index contributed by atoms with van der Waals surface area (Å²) in [5, 5.41) is 9.85. The first-order valence-corrected chi connectivity index (χ1v) is 10.8. The molecule has 1 aliphatic carbocycles. The topological polar surface area (TPSA) is 66.8 Å². The van der Waals surface area contributed by atoms with Crippen molar-refractivity contribution < 1.29 is 19.4 Å². The van der Waals surface area contributed by atoms with Crippen molar-refractivity contribution in [2.24, 2.45) is 11.8 Å². The van der Waals surface area contributed by atoms with Crippen LogP contribution in [0.2, 0.25) is 0 Å². The van der Waals surface area contributed by atoms with E-state index in [9.17, 15) is 14.7 Å². The number of benzene rings is 2. The van der Waals surface area contributed by atoms with Gasteiger partial charge in [-0.05, 0) is 75.8 Å². The maximum Gasteiger partial charge on any atom is 0.337 e. The maximum atomic E-state index is 13.4. The fourth-order valence-corrected chi connectivity index (χ4v) is 4.25. The molecule has 0 spiro atoms. The summed E-state index contributed by atoms with van der Waals surface area (Å²) in [5.74, 6) is 0.672. The number of anilines is 1. The highest BCUT2D eigenvalue weighted by atomic mass is 16.5. The molecular weight excluding hydrogens is 378 g/mol. The highest BCUT2D eigenvalue weighted by Gasteiger charge is 2.32. The van der Waals surface area contributed by atoms with E-state index in [-0.39, 0.29) is 23.4 Å². The molecule has 0 atom stereocenters. The van der Waals surface area contributed by atoms with Gasteiger partial charge in [-0.1, -0.05) is 31.5 Å². The van der Waals surface area contributed by atoms with Gasteiger partial charge in [0.05, 0.1) is 11.3 Å². The molecule has 2 aromatic rings. The SMILES string of the molecule is CCC1CCC(C(=O)N(c2ccc(Oc3ccccc3)cc2C(=O)O)C(C)C)CC1. The summed E-state index contributed by atoms with van der Waals surface area (Å²) in [6.07, 6.45) is 5.03. The molecule has 5 heteroatoms. The number of carbonyl (C=O) groups excluding carboxylic acids is 1.